The molecule has 0 bridgehead atoms. The summed E-state index contributed by atoms with van der Waals surface area (Å²) in [5.74, 6) is -0.683. The van der Waals surface area contributed by atoms with Crippen molar-refractivity contribution in [3.8, 4) is 0 Å². The van der Waals surface area contributed by atoms with Gasteiger partial charge in [0.1, 0.15) is 0 Å². The van der Waals surface area contributed by atoms with Crippen molar-refractivity contribution in [1.29, 1.82) is 0 Å². The highest BCUT2D eigenvalue weighted by Gasteiger charge is 2.45. The molecule has 0 aromatic heterocycles. The molecule has 0 spiro atoms. The van der Waals surface area contributed by atoms with Gasteiger partial charge in [-0.2, -0.15) is 0 Å². The topological polar surface area (TPSA) is 55.8 Å². The highest BCUT2D eigenvalue weighted by Crippen LogP contribution is 2.26. The monoisotopic (exact) mass is 241 g/mol. The maximum absolute atomic E-state index is 11.0. The summed E-state index contributed by atoms with van der Waals surface area (Å²) in [4.78, 5) is 15.8. The third-order valence-corrected chi connectivity index (χ3v) is 4.10. The molecule has 2 aliphatic rings. The van der Waals surface area contributed by atoms with E-state index < -0.39 is 5.97 Å². The van der Waals surface area contributed by atoms with Crippen molar-refractivity contribution in [2.24, 2.45) is 0 Å². The first-order valence-electron chi connectivity index (χ1n) is 6.45. The van der Waals surface area contributed by atoms with Gasteiger partial charge in [0.2, 0.25) is 0 Å². The summed E-state index contributed by atoms with van der Waals surface area (Å²) in [6.45, 7) is 10.2. The Bertz CT molecular complexity index is 281. The van der Waals surface area contributed by atoms with Crippen LogP contribution in [0.5, 0.6) is 0 Å². The fraction of sp³-hybridized carbons (Fsp3) is 0.917. The first kappa shape index (κ1) is 12.8. The first-order valence-corrected chi connectivity index (χ1v) is 6.45. The standard InChI is InChI=1S/C12H23N3O2/c1-10(2)14-3-5-15(6-4-14)12(7-11(16)17)8-13-9-12/h10,13H,3-9H2,1-2H3,(H,16,17). The van der Waals surface area contributed by atoms with Crippen LogP contribution in [0.25, 0.3) is 0 Å². The van der Waals surface area contributed by atoms with Crippen LogP contribution in [0.2, 0.25) is 0 Å². The minimum absolute atomic E-state index is 0.116. The van der Waals surface area contributed by atoms with E-state index in [9.17, 15) is 4.79 Å². The Labute approximate surface area is 103 Å². The van der Waals surface area contributed by atoms with Crippen molar-refractivity contribution in [1.82, 2.24) is 15.1 Å². The third kappa shape index (κ3) is 2.61. The maximum Gasteiger partial charge on any atom is 0.305 e. The molecule has 2 rings (SSSR count). The number of nitrogens with one attached hydrogen (secondary N) is 1. The lowest BCUT2D eigenvalue weighted by atomic mass is 9.85. The number of aliphatic carboxylic acids is 1. The average Bonchev–Trinajstić information content (AvgIpc) is 2.23. The van der Waals surface area contributed by atoms with Crippen molar-refractivity contribution >= 4 is 5.97 Å². The lowest BCUT2D eigenvalue weighted by Gasteiger charge is -2.53. The van der Waals surface area contributed by atoms with Crippen molar-refractivity contribution in [2.75, 3.05) is 39.3 Å². The molecule has 2 saturated heterocycles. The van der Waals surface area contributed by atoms with Gasteiger partial charge >= 0.3 is 5.97 Å². The van der Waals surface area contributed by atoms with Crippen LogP contribution in [0.1, 0.15) is 20.3 Å². The molecular weight excluding hydrogens is 218 g/mol. The van der Waals surface area contributed by atoms with Crippen molar-refractivity contribution < 1.29 is 9.90 Å². The van der Waals surface area contributed by atoms with Crippen LogP contribution in [-0.2, 0) is 4.79 Å². The molecule has 0 aromatic rings. The minimum atomic E-state index is -0.683. The quantitative estimate of drug-likeness (QED) is 0.715. The smallest absolute Gasteiger partial charge is 0.305 e. The molecule has 2 N–H and O–H groups in total. The van der Waals surface area contributed by atoms with Crippen LogP contribution in [0.3, 0.4) is 0 Å². The van der Waals surface area contributed by atoms with E-state index in [0.717, 1.165) is 39.3 Å². The number of carbonyl (C=O) groups is 1. The van der Waals surface area contributed by atoms with Gasteiger partial charge in [-0.25, -0.2) is 0 Å². The predicted molar refractivity (Wildman–Crippen MR) is 66.1 cm³/mol. The minimum Gasteiger partial charge on any atom is -0.481 e. The molecule has 0 radical (unpaired) electrons. The van der Waals surface area contributed by atoms with E-state index in [0.29, 0.717) is 6.04 Å². The zero-order chi connectivity index (χ0) is 12.5. The summed E-state index contributed by atoms with van der Waals surface area (Å²) < 4.78 is 0. The Hall–Kier alpha value is -0.650. The fourth-order valence-electron chi connectivity index (χ4n) is 2.87. The van der Waals surface area contributed by atoms with Crippen molar-refractivity contribution in [3.05, 3.63) is 0 Å². The lowest BCUT2D eigenvalue weighted by molar-refractivity contribution is -0.142. The van der Waals surface area contributed by atoms with Gasteiger partial charge in [0.25, 0.3) is 0 Å². The Kier molecular flexibility index (Phi) is 3.70. The van der Waals surface area contributed by atoms with Crippen molar-refractivity contribution in [3.63, 3.8) is 0 Å². The second-order valence-electron chi connectivity index (χ2n) is 5.52. The van der Waals surface area contributed by atoms with Crippen LogP contribution in [-0.4, -0.2) is 71.7 Å². The van der Waals surface area contributed by atoms with Gasteiger partial charge in [-0.3, -0.25) is 14.6 Å². The molecule has 0 aromatic carbocycles. The number of piperazine rings is 1. The largest absolute Gasteiger partial charge is 0.481 e. The van der Waals surface area contributed by atoms with E-state index in [-0.39, 0.29) is 12.0 Å². The second kappa shape index (κ2) is 4.92. The third-order valence-electron chi connectivity index (χ3n) is 4.10. The van der Waals surface area contributed by atoms with Gasteiger partial charge in [0.05, 0.1) is 12.0 Å². The molecule has 0 saturated carbocycles. The molecule has 98 valence electrons. The number of carboxylic acids is 1. The molecule has 2 heterocycles. The molecule has 2 aliphatic heterocycles. The number of hydrogen-bond acceptors (Lipinski definition) is 4. The van der Waals surface area contributed by atoms with E-state index in [1.807, 2.05) is 0 Å². The number of hydrogen-bond donors (Lipinski definition) is 2. The van der Waals surface area contributed by atoms with Gasteiger partial charge in [0, 0.05) is 45.3 Å². The zero-order valence-corrected chi connectivity index (χ0v) is 10.8. The van der Waals surface area contributed by atoms with E-state index in [4.69, 9.17) is 5.11 Å². The highest BCUT2D eigenvalue weighted by atomic mass is 16.4. The SMILES string of the molecule is CC(C)N1CCN(C2(CC(=O)O)CNC2)CC1. The van der Waals surface area contributed by atoms with E-state index in [1.54, 1.807) is 0 Å². The molecule has 2 fully saturated rings. The van der Waals surface area contributed by atoms with Gasteiger partial charge in [-0.1, -0.05) is 0 Å². The van der Waals surface area contributed by atoms with Gasteiger partial charge < -0.3 is 10.4 Å². The van der Waals surface area contributed by atoms with Crippen LogP contribution >= 0.6 is 0 Å². The Balaban J connectivity index is 1.92. The number of rotatable bonds is 4. The zero-order valence-electron chi connectivity index (χ0n) is 10.8. The maximum atomic E-state index is 11.0. The lowest BCUT2D eigenvalue weighted by Crippen LogP contribution is -2.72. The Morgan fingerprint density at radius 3 is 2.24 bits per heavy atom. The fourth-order valence-corrected chi connectivity index (χ4v) is 2.87. The molecule has 0 atom stereocenters. The van der Waals surface area contributed by atoms with E-state index in [1.165, 1.54) is 0 Å². The molecule has 5 heteroatoms. The Morgan fingerprint density at radius 1 is 1.29 bits per heavy atom. The van der Waals surface area contributed by atoms with Gasteiger partial charge in [-0.15, -0.1) is 0 Å². The van der Waals surface area contributed by atoms with E-state index >= 15 is 0 Å². The molecular formula is C12H23N3O2. The average molecular weight is 241 g/mol. The van der Waals surface area contributed by atoms with Crippen LogP contribution in [0.4, 0.5) is 0 Å². The first-order chi connectivity index (χ1) is 8.03. The van der Waals surface area contributed by atoms with Crippen LogP contribution in [0.15, 0.2) is 0 Å². The van der Waals surface area contributed by atoms with E-state index in [2.05, 4.69) is 29.0 Å². The summed E-state index contributed by atoms with van der Waals surface area (Å²) >= 11 is 0. The van der Waals surface area contributed by atoms with Gasteiger partial charge in [-0.05, 0) is 13.8 Å². The van der Waals surface area contributed by atoms with Crippen LogP contribution in [0, 0.1) is 0 Å². The van der Waals surface area contributed by atoms with Gasteiger partial charge in [0.15, 0.2) is 0 Å². The summed E-state index contributed by atoms with van der Waals surface area (Å²) in [5, 5.41) is 12.2. The summed E-state index contributed by atoms with van der Waals surface area (Å²) in [6, 6.07) is 0.590. The van der Waals surface area contributed by atoms with Crippen LogP contribution < -0.4 is 5.32 Å². The predicted octanol–water partition coefficient (Wildman–Crippen LogP) is -0.171. The summed E-state index contributed by atoms with van der Waals surface area (Å²) in [5.41, 5.74) is -0.116. The number of nitrogens with zero attached hydrogens (tertiary/aromatic N) is 2. The molecule has 17 heavy (non-hydrogen) atoms. The normalized spacial score (nSPS) is 25.8. The molecule has 0 aliphatic carbocycles. The summed E-state index contributed by atoms with van der Waals surface area (Å²) in [6.07, 6.45) is 0.266. The molecule has 5 nitrogen and oxygen atoms in total. The molecule has 0 unspecified atom stereocenters. The Morgan fingerprint density at radius 2 is 1.88 bits per heavy atom. The highest BCUT2D eigenvalue weighted by molar-refractivity contribution is 5.68. The van der Waals surface area contributed by atoms with Crippen molar-refractivity contribution in [2.45, 2.75) is 31.8 Å². The molecule has 0 amide bonds. The number of carboxylic acid groups (broad SMARTS) is 1. The second-order valence-corrected chi connectivity index (χ2v) is 5.52. The summed E-state index contributed by atoms with van der Waals surface area (Å²) in [7, 11) is 0.